The Kier molecular flexibility index (Phi) is 5.09. The van der Waals surface area contributed by atoms with Crippen molar-refractivity contribution in [1.29, 1.82) is 0 Å². The zero-order valence-electron chi connectivity index (χ0n) is 11.2. The molecule has 1 aliphatic rings. The molecular formula is C13H24N4S. The first kappa shape index (κ1) is 13.9. The Morgan fingerprint density at radius 2 is 2.11 bits per heavy atom. The molecule has 18 heavy (non-hydrogen) atoms. The van der Waals surface area contributed by atoms with Gasteiger partial charge in [0, 0.05) is 30.2 Å². The molecule has 5 heteroatoms. The van der Waals surface area contributed by atoms with Crippen molar-refractivity contribution in [2.24, 2.45) is 5.73 Å². The molecule has 0 aromatic carbocycles. The number of likely N-dealkylation sites (tertiary alicyclic amines) is 1. The molecule has 2 rings (SSSR count). The van der Waals surface area contributed by atoms with Crippen LogP contribution in [0.15, 0.2) is 18.7 Å². The monoisotopic (exact) mass is 268 g/mol. The average molecular weight is 268 g/mol. The molecule has 1 saturated heterocycles. The van der Waals surface area contributed by atoms with Gasteiger partial charge in [-0.2, -0.15) is 11.8 Å². The number of piperidine rings is 1. The van der Waals surface area contributed by atoms with Gasteiger partial charge >= 0.3 is 0 Å². The van der Waals surface area contributed by atoms with Gasteiger partial charge in [0.1, 0.15) is 0 Å². The van der Waals surface area contributed by atoms with E-state index in [-0.39, 0.29) is 0 Å². The van der Waals surface area contributed by atoms with E-state index >= 15 is 0 Å². The summed E-state index contributed by atoms with van der Waals surface area (Å²) in [6, 6.07) is 0. The minimum Gasteiger partial charge on any atom is -0.337 e. The number of hydrogen-bond acceptors (Lipinski definition) is 4. The van der Waals surface area contributed by atoms with Gasteiger partial charge in [0.25, 0.3) is 0 Å². The fourth-order valence-corrected chi connectivity index (χ4v) is 3.33. The third-order valence-corrected chi connectivity index (χ3v) is 5.46. The fourth-order valence-electron chi connectivity index (χ4n) is 2.57. The van der Waals surface area contributed by atoms with E-state index in [1.807, 2.05) is 30.5 Å². The zero-order valence-corrected chi connectivity index (χ0v) is 12.0. The van der Waals surface area contributed by atoms with E-state index in [1.165, 1.54) is 38.9 Å². The lowest BCUT2D eigenvalue weighted by atomic mass is 9.95. The van der Waals surface area contributed by atoms with Crippen LogP contribution in [0.2, 0.25) is 0 Å². The van der Waals surface area contributed by atoms with Crippen molar-refractivity contribution in [3.63, 3.8) is 0 Å². The minimum atomic E-state index is 0.348. The first-order chi connectivity index (χ1) is 8.78. The molecule has 0 atom stereocenters. The van der Waals surface area contributed by atoms with Gasteiger partial charge in [-0.3, -0.25) is 0 Å². The SMILES string of the molecule is CSC1(CN)CCN(CCCn2ccnc2)CC1. The summed E-state index contributed by atoms with van der Waals surface area (Å²) >= 11 is 1.95. The molecule has 1 aromatic heterocycles. The highest BCUT2D eigenvalue weighted by atomic mass is 32.2. The van der Waals surface area contributed by atoms with Crippen LogP contribution in [-0.4, -0.2) is 51.6 Å². The standard InChI is InChI=1S/C13H24N4S/c1-18-13(11-14)3-8-16(9-4-13)6-2-7-17-10-5-15-12-17/h5,10,12H,2-4,6-9,11,14H2,1H3. The van der Waals surface area contributed by atoms with Crippen LogP contribution in [0.25, 0.3) is 0 Å². The molecule has 2 N–H and O–H groups in total. The summed E-state index contributed by atoms with van der Waals surface area (Å²) in [5, 5.41) is 0. The predicted octanol–water partition coefficient (Wildman–Crippen LogP) is 1.43. The topological polar surface area (TPSA) is 47.1 Å². The van der Waals surface area contributed by atoms with Crippen LogP contribution in [-0.2, 0) is 6.54 Å². The lowest BCUT2D eigenvalue weighted by Gasteiger charge is -2.40. The normalized spacial score (nSPS) is 20.1. The largest absolute Gasteiger partial charge is 0.337 e. The van der Waals surface area contributed by atoms with E-state index < -0.39 is 0 Å². The Labute approximate surface area is 114 Å². The summed E-state index contributed by atoms with van der Waals surface area (Å²) in [5.74, 6) is 0. The highest BCUT2D eigenvalue weighted by Crippen LogP contribution is 2.33. The van der Waals surface area contributed by atoms with E-state index in [9.17, 15) is 0 Å². The van der Waals surface area contributed by atoms with E-state index in [2.05, 4.69) is 20.7 Å². The van der Waals surface area contributed by atoms with Crippen molar-refractivity contribution in [3.05, 3.63) is 18.7 Å². The Bertz CT molecular complexity index is 325. The van der Waals surface area contributed by atoms with Crippen molar-refractivity contribution in [3.8, 4) is 0 Å². The number of thioether (sulfide) groups is 1. The smallest absolute Gasteiger partial charge is 0.0945 e. The average Bonchev–Trinajstić information content (AvgIpc) is 2.93. The molecule has 0 radical (unpaired) electrons. The van der Waals surface area contributed by atoms with E-state index in [0.29, 0.717) is 4.75 Å². The molecule has 1 aromatic rings. The Hall–Kier alpha value is -0.520. The number of hydrogen-bond donors (Lipinski definition) is 1. The van der Waals surface area contributed by atoms with Crippen molar-refractivity contribution in [1.82, 2.24) is 14.5 Å². The second-order valence-electron chi connectivity index (χ2n) is 5.09. The van der Waals surface area contributed by atoms with Crippen LogP contribution >= 0.6 is 11.8 Å². The van der Waals surface area contributed by atoms with Gasteiger partial charge in [0.05, 0.1) is 6.33 Å². The molecule has 102 valence electrons. The van der Waals surface area contributed by atoms with Crippen LogP contribution in [0.4, 0.5) is 0 Å². The number of nitrogens with two attached hydrogens (primary N) is 1. The predicted molar refractivity (Wildman–Crippen MR) is 77.8 cm³/mol. The number of nitrogens with zero attached hydrogens (tertiary/aromatic N) is 3. The lowest BCUT2D eigenvalue weighted by molar-refractivity contribution is 0.197. The number of imidazole rings is 1. The van der Waals surface area contributed by atoms with Gasteiger partial charge in [0.15, 0.2) is 0 Å². The summed E-state index contributed by atoms with van der Waals surface area (Å²) in [6.45, 7) is 5.47. The summed E-state index contributed by atoms with van der Waals surface area (Å²) in [6.07, 6.45) is 11.6. The van der Waals surface area contributed by atoms with Crippen LogP contribution in [0.5, 0.6) is 0 Å². The molecule has 0 bridgehead atoms. The van der Waals surface area contributed by atoms with Gasteiger partial charge in [-0.25, -0.2) is 4.98 Å². The first-order valence-electron chi connectivity index (χ1n) is 6.71. The number of rotatable bonds is 6. The molecule has 1 aliphatic heterocycles. The third kappa shape index (κ3) is 3.49. The van der Waals surface area contributed by atoms with Crippen molar-refractivity contribution < 1.29 is 0 Å². The molecule has 0 saturated carbocycles. The molecule has 0 unspecified atom stereocenters. The van der Waals surface area contributed by atoms with Gasteiger partial charge in [-0.15, -0.1) is 0 Å². The lowest BCUT2D eigenvalue weighted by Crippen LogP contribution is -2.46. The quantitative estimate of drug-likeness (QED) is 0.848. The second-order valence-corrected chi connectivity index (χ2v) is 6.36. The van der Waals surface area contributed by atoms with Gasteiger partial charge in [0.2, 0.25) is 0 Å². The first-order valence-corrected chi connectivity index (χ1v) is 7.94. The third-order valence-electron chi connectivity index (χ3n) is 4.02. The molecule has 0 aliphatic carbocycles. The van der Waals surface area contributed by atoms with Crippen LogP contribution in [0.3, 0.4) is 0 Å². The second kappa shape index (κ2) is 6.59. The van der Waals surface area contributed by atoms with Gasteiger partial charge in [-0.1, -0.05) is 0 Å². The summed E-state index contributed by atoms with van der Waals surface area (Å²) < 4.78 is 2.50. The summed E-state index contributed by atoms with van der Waals surface area (Å²) in [5.41, 5.74) is 5.91. The maximum atomic E-state index is 5.91. The van der Waals surface area contributed by atoms with Crippen LogP contribution < -0.4 is 5.73 Å². The Balaban J connectivity index is 1.67. The minimum absolute atomic E-state index is 0.348. The maximum absolute atomic E-state index is 5.91. The molecular weight excluding hydrogens is 244 g/mol. The van der Waals surface area contributed by atoms with E-state index in [0.717, 1.165) is 13.1 Å². The number of aromatic nitrogens is 2. The molecule has 0 amide bonds. The van der Waals surface area contributed by atoms with Crippen molar-refractivity contribution >= 4 is 11.8 Å². The van der Waals surface area contributed by atoms with Gasteiger partial charge in [-0.05, 0) is 45.2 Å². The van der Waals surface area contributed by atoms with E-state index in [4.69, 9.17) is 5.73 Å². The molecule has 2 heterocycles. The van der Waals surface area contributed by atoms with Gasteiger partial charge < -0.3 is 15.2 Å². The molecule has 0 spiro atoms. The molecule has 4 nitrogen and oxygen atoms in total. The van der Waals surface area contributed by atoms with Crippen molar-refractivity contribution in [2.75, 3.05) is 32.4 Å². The molecule has 1 fully saturated rings. The zero-order chi connectivity index (χ0) is 12.8. The highest BCUT2D eigenvalue weighted by molar-refractivity contribution is 8.00. The Morgan fingerprint density at radius 3 is 2.67 bits per heavy atom. The summed E-state index contributed by atoms with van der Waals surface area (Å²) in [7, 11) is 0. The number of aryl methyl sites for hydroxylation is 1. The van der Waals surface area contributed by atoms with Crippen molar-refractivity contribution in [2.45, 2.75) is 30.6 Å². The Morgan fingerprint density at radius 1 is 1.33 bits per heavy atom. The van der Waals surface area contributed by atoms with Crippen LogP contribution in [0.1, 0.15) is 19.3 Å². The van der Waals surface area contributed by atoms with E-state index in [1.54, 1.807) is 0 Å². The maximum Gasteiger partial charge on any atom is 0.0945 e. The summed E-state index contributed by atoms with van der Waals surface area (Å²) in [4.78, 5) is 6.63. The highest BCUT2D eigenvalue weighted by Gasteiger charge is 2.32. The van der Waals surface area contributed by atoms with Crippen LogP contribution in [0, 0.1) is 0 Å². The fraction of sp³-hybridized carbons (Fsp3) is 0.769.